The van der Waals surface area contributed by atoms with Crippen molar-refractivity contribution in [3.63, 3.8) is 0 Å². The second kappa shape index (κ2) is 5.06. The molecule has 4 nitrogen and oxygen atoms in total. The third-order valence-corrected chi connectivity index (χ3v) is 4.79. The molecule has 0 amide bonds. The van der Waals surface area contributed by atoms with Gasteiger partial charge < -0.3 is 0 Å². The molecule has 1 N–H and O–H groups in total. The van der Waals surface area contributed by atoms with Crippen LogP contribution in [0.15, 0.2) is 24.4 Å². The lowest BCUT2D eigenvalue weighted by Crippen LogP contribution is -2.34. The summed E-state index contributed by atoms with van der Waals surface area (Å²) in [5, 5.41) is 5.34. The molecule has 5 heteroatoms. The first-order valence-corrected chi connectivity index (χ1v) is 7.54. The Balaban J connectivity index is 2.22. The molecule has 2 atom stereocenters. The van der Waals surface area contributed by atoms with Crippen LogP contribution in [0.3, 0.4) is 0 Å². The van der Waals surface area contributed by atoms with Gasteiger partial charge in [-0.1, -0.05) is 6.07 Å². The molecule has 104 valence electrons. The van der Waals surface area contributed by atoms with Crippen molar-refractivity contribution < 1.29 is 4.21 Å². The van der Waals surface area contributed by atoms with E-state index in [-0.39, 0.29) is 10.8 Å². The molecule has 0 aliphatic rings. The van der Waals surface area contributed by atoms with E-state index < -0.39 is 11.0 Å². The van der Waals surface area contributed by atoms with Gasteiger partial charge in [0.25, 0.3) is 0 Å². The number of aryl methyl sites for hydroxylation is 1. The highest BCUT2D eigenvalue weighted by molar-refractivity contribution is 7.84. The van der Waals surface area contributed by atoms with Crippen LogP contribution < -0.4 is 4.72 Å². The van der Waals surface area contributed by atoms with Crippen LogP contribution >= 0.6 is 0 Å². The van der Waals surface area contributed by atoms with E-state index in [1.54, 1.807) is 0 Å². The molecular formula is C14H21N3OS. The molecule has 1 aromatic carbocycles. The van der Waals surface area contributed by atoms with Crippen LogP contribution in [0.2, 0.25) is 0 Å². The van der Waals surface area contributed by atoms with Gasteiger partial charge in [-0.3, -0.25) is 4.68 Å². The van der Waals surface area contributed by atoms with E-state index in [2.05, 4.69) is 28.0 Å². The average Bonchev–Trinajstić information content (AvgIpc) is 2.69. The van der Waals surface area contributed by atoms with Crippen molar-refractivity contribution in [1.29, 1.82) is 0 Å². The maximum Gasteiger partial charge on any atom is 0.0975 e. The molecular weight excluding hydrogens is 258 g/mol. The van der Waals surface area contributed by atoms with Crippen LogP contribution in [0.5, 0.6) is 0 Å². The molecule has 0 fully saturated rings. The Kier molecular flexibility index (Phi) is 3.78. The lowest BCUT2D eigenvalue weighted by Gasteiger charge is -2.22. The Morgan fingerprint density at radius 1 is 1.37 bits per heavy atom. The quantitative estimate of drug-likeness (QED) is 0.939. The van der Waals surface area contributed by atoms with Gasteiger partial charge in [0.1, 0.15) is 0 Å². The number of nitrogens with zero attached hydrogens (tertiary/aromatic N) is 2. The Morgan fingerprint density at radius 3 is 2.68 bits per heavy atom. The minimum Gasteiger partial charge on any atom is -0.268 e. The Hall–Kier alpha value is -1.20. The van der Waals surface area contributed by atoms with Gasteiger partial charge in [0, 0.05) is 18.5 Å². The number of aromatic nitrogens is 2. The van der Waals surface area contributed by atoms with Crippen LogP contribution in [-0.2, 0) is 18.0 Å². The number of fused-ring (bicyclic) bond motifs is 1. The molecule has 19 heavy (non-hydrogen) atoms. The van der Waals surface area contributed by atoms with Gasteiger partial charge in [-0.2, -0.15) is 5.10 Å². The zero-order valence-corrected chi connectivity index (χ0v) is 12.9. The standard InChI is InChI=1S/C14H21N3OS/c1-10(16-19(18)14(2,3)4)11-6-7-13-12(8-11)9-15-17(13)5/h6-10,16H,1-5H3/t10-,19-/m1/s1. The van der Waals surface area contributed by atoms with E-state index in [4.69, 9.17) is 0 Å². The van der Waals surface area contributed by atoms with E-state index in [1.165, 1.54) is 0 Å². The van der Waals surface area contributed by atoms with Gasteiger partial charge in [-0.25, -0.2) is 8.93 Å². The van der Waals surface area contributed by atoms with Crippen molar-refractivity contribution >= 4 is 21.9 Å². The second-order valence-corrected chi connectivity index (χ2v) is 7.80. The van der Waals surface area contributed by atoms with Crippen LogP contribution in [0.1, 0.15) is 39.3 Å². The molecule has 0 bridgehead atoms. The van der Waals surface area contributed by atoms with E-state index in [9.17, 15) is 4.21 Å². The van der Waals surface area contributed by atoms with E-state index in [0.717, 1.165) is 16.5 Å². The van der Waals surface area contributed by atoms with Gasteiger partial charge in [0.05, 0.1) is 27.4 Å². The Bertz CT molecular complexity index is 613. The third kappa shape index (κ3) is 3.04. The van der Waals surface area contributed by atoms with Crippen molar-refractivity contribution in [2.75, 3.05) is 0 Å². The Morgan fingerprint density at radius 2 is 2.05 bits per heavy atom. The predicted octanol–water partition coefficient (Wildman–Crippen LogP) is 2.69. The summed E-state index contributed by atoms with van der Waals surface area (Å²) in [6.07, 6.45) is 1.85. The summed E-state index contributed by atoms with van der Waals surface area (Å²) in [6, 6.07) is 6.25. The first-order chi connectivity index (χ1) is 8.79. The molecule has 2 rings (SSSR count). The maximum atomic E-state index is 12.1. The number of nitrogens with one attached hydrogen (secondary N) is 1. The number of hydrogen-bond acceptors (Lipinski definition) is 2. The van der Waals surface area contributed by atoms with Gasteiger partial charge in [-0.15, -0.1) is 0 Å². The molecule has 0 unspecified atom stereocenters. The summed E-state index contributed by atoms with van der Waals surface area (Å²) in [5.74, 6) is 0. The number of hydrogen-bond donors (Lipinski definition) is 1. The van der Waals surface area contributed by atoms with Crippen molar-refractivity contribution in [1.82, 2.24) is 14.5 Å². The zero-order valence-electron chi connectivity index (χ0n) is 12.1. The highest BCUT2D eigenvalue weighted by Crippen LogP contribution is 2.21. The fourth-order valence-electron chi connectivity index (χ4n) is 1.86. The van der Waals surface area contributed by atoms with Crippen molar-refractivity contribution in [2.24, 2.45) is 7.05 Å². The molecule has 0 saturated carbocycles. The summed E-state index contributed by atoms with van der Waals surface area (Å²) >= 11 is 0. The minimum absolute atomic E-state index is 0.0460. The molecule has 0 spiro atoms. The van der Waals surface area contributed by atoms with Crippen molar-refractivity contribution in [3.05, 3.63) is 30.0 Å². The first-order valence-electron chi connectivity index (χ1n) is 6.39. The van der Waals surface area contributed by atoms with Gasteiger partial charge in [-0.05, 0) is 45.4 Å². The normalized spacial score (nSPS) is 15.6. The van der Waals surface area contributed by atoms with Gasteiger partial charge >= 0.3 is 0 Å². The SMILES string of the molecule is C[C@@H](N[S@](=O)C(C)(C)C)c1ccc2c(cnn2C)c1. The van der Waals surface area contributed by atoms with Crippen LogP contribution in [-0.4, -0.2) is 18.7 Å². The van der Waals surface area contributed by atoms with Crippen molar-refractivity contribution in [2.45, 2.75) is 38.5 Å². The van der Waals surface area contributed by atoms with E-state index >= 15 is 0 Å². The lowest BCUT2D eigenvalue weighted by atomic mass is 10.1. The smallest absolute Gasteiger partial charge is 0.0975 e. The third-order valence-electron chi connectivity index (χ3n) is 3.11. The van der Waals surface area contributed by atoms with Crippen LogP contribution in [0.4, 0.5) is 0 Å². The summed E-state index contributed by atoms with van der Waals surface area (Å²) in [6.45, 7) is 7.93. The molecule has 0 radical (unpaired) electrons. The molecule has 0 saturated heterocycles. The summed E-state index contributed by atoms with van der Waals surface area (Å²) in [7, 11) is 0.862. The number of rotatable bonds is 3. The fourth-order valence-corrected chi connectivity index (χ4v) is 2.67. The predicted molar refractivity (Wildman–Crippen MR) is 80.2 cm³/mol. The molecule has 0 aliphatic heterocycles. The monoisotopic (exact) mass is 279 g/mol. The van der Waals surface area contributed by atoms with Crippen LogP contribution in [0.25, 0.3) is 10.9 Å². The molecule has 0 aliphatic carbocycles. The van der Waals surface area contributed by atoms with E-state index in [0.29, 0.717) is 0 Å². The summed E-state index contributed by atoms with van der Waals surface area (Å²) in [5.41, 5.74) is 2.23. The highest BCUT2D eigenvalue weighted by atomic mass is 32.2. The summed E-state index contributed by atoms with van der Waals surface area (Å²) in [4.78, 5) is 0. The first kappa shape index (κ1) is 14.2. The van der Waals surface area contributed by atoms with Gasteiger partial charge in [0.2, 0.25) is 0 Å². The van der Waals surface area contributed by atoms with E-state index in [1.807, 2.05) is 45.6 Å². The topological polar surface area (TPSA) is 46.9 Å². The largest absolute Gasteiger partial charge is 0.268 e. The minimum atomic E-state index is -1.07. The molecule has 1 aromatic heterocycles. The maximum absolute atomic E-state index is 12.1. The average molecular weight is 279 g/mol. The number of benzene rings is 1. The van der Waals surface area contributed by atoms with Crippen molar-refractivity contribution in [3.8, 4) is 0 Å². The summed E-state index contributed by atoms with van der Waals surface area (Å²) < 4.78 is 16.8. The second-order valence-electron chi connectivity index (χ2n) is 5.81. The lowest BCUT2D eigenvalue weighted by molar-refractivity contribution is 0.616. The zero-order chi connectivity index (χ0) is 14.2. The highest BCUT2D eigenvalue weighted by Gasteiger charge is 2.21. The molecule has 2 aromatic rings. The Labute approximate surface area is 116 Å². The van der Waals surface area contributed by atoms with Gasteiger partial charge in [0.15, 0.2) is 0 Å². The fraction of sp³-hybridized carbons (Fsp3) is 0.500. The van der Waals surface area contributed by atoms with Crippen LogP contribution in [0, 0.1) is 0 Å². The molecule has 1 heterocycles.